The average molecular weight is 374 g/mol. The van der Waals surface area contributed by atoms with Crippen molar-refractivity contribution >= 4 is 45.7 Å². The lowest BCUT2D eigenvalue weighted by molar-refractivity contribution is -0.113. The number of nitrogens with one attached hydrogen (secondary N) is 2. The normalized spacial score (nSPS) is 10.4. The van der Waals surface area contributed by atoms with Crippen LogP contribution in [0, 0.1) is 6.92 Å². The largest absolute Gasteiger partial charge is 0.459 e. The molecule has 2 aromatic heterocycles. The van der Waals surface area contributed by atoms with E-state index in [-0.39, 0.29) is 23.3 Å². The number of hydrogen-bond donors (Lipinski definition) is 2. The lowest BCUT2D eigenvalue weighted by Crippen LogP contribution is -2.13. The molecular weight excluding hydrogens is 360 g/mol. The Morgan fingerprint density at radius 3 is 2.60 bits per heavy atom. The van der Waals surface area contributed by atoms with E-state index >= 15 is 0 Å². The number of anilines is 2. The topological polar surface area (TPSA) is 97.1 Å². The van der Waals surface area contributed by atoms with E-state index in [0.717, 1.165) is 9.90 Å². The Labute approximate surface area is 151 Å². The van der Waals surface area contributed by atoms with Gasteiger partial charge in [-0.1, -0.05) is 11.3 Å². The highest BCUT2D eigenvalue weighted by Gasteiger charge is 2.09. The molecule has 0 unspecified atom stereocenters. The lowest BCUT2D eigenvalue weighted by Gasteiger charge is -2.05. The molecule has 9 heteroatoms. The van der Waals surface area contributed by atoms with Gasteiger partial charge in [-0.3, -0.25) is 14.9 Å². The van der Waals surface area contributed by atoms with E-state index in [0.29, 0.717) is 10.8 Å². The summed E-state index contributed by atoms with van der Waals surface area (Å²) in [6.45, 7) is 1.83. The summed E-state index contributed by atoms with van der Waals surface area (Å²) in [4.78, 5) is 24.7. The van der Waals surface area contributed by atoms with Crippen LogP contribution in [0.3, 0.4) is 0 Å². The van der Waals surface area contributed by atoms with Gasteiger partial charge in [0.25, 0.3) is 5.91 Å². The highest BCUT2D eigenvalue weighted by Crippen LogP contribution is 2.21. The minimum absolute atomic E-state index is 0.142. The van der Waals surface area contributed by atoms with Gasteiger partial charge in [-0.15, -0.1) is 22.0 Å². The fourth-order valence-electron chi connectivity index (χ4n) is 1.89. The number of carbonyl (C=O) groups is 2. The number of aryl methyl sites for hydroxylation is 1. The summed E-state index contributed by atoms with van der Waals surface area (Å²) in [5.41, 5.74) is 0.652. The van der Waals surface area contributed by atoms with Gasteiger partial charge in [-0.25, -0.2) is 0 Å². The van der Waals surface area contributed by atoms with Crippen molar-refractivity contribution in [3.05, 3.63) is 53.4 Å². The van der Waals surface area contributed by atoms with Gasteiger partial charge in [0.05, 0.1) is 12.0 Å². The molecule has 2 amide bonds. The Morgan fingerprint density at radius 2 is 1.96 bits per heavy atom. The van der Waals surface area contributed by atoms with Crippen molar-refractivity contribution in [2.24, 2.45) is 0 Å². The quantitative estimate of drug-likeness (QED) is 0.642. The molecule has 0 aliphatic heterocycles. The number of benzene rings is 1. The summed E-state index contributed by atoms with van der Waals surface area (Å²) in [5.74, 6) is 0.0620. The third-order valence-electron chi connectivity index (χ3n) is 3.00. The fourth-order valence-corrected chi connectivity index (χ4v) is 3.19. The van der Waals surface area contributed by atoms with E-state index in [9.17, 15) is 9.59 Å². The number of thioether (sulfide) groups is 1. The Bertz CT molecular complexity index is 860. The molecule has 7 nitrogen and oxygen atoms in total. The predicted molar refractivity (Wildman–Crippen MR) is 97.1 cm³/mol. The van der Waals surface area contributed by atoms with Crippen molar-refractivity contribution in [3.8, 4) is 0 Å². The summed E-state index contributed by atoms with van der Waals surface area (Å²) < 4.78 is 5.04. The molecule has 0 saturated heterocycles. The first-order valence-corrected chi connectivity index (χ1v) is 9.08. The smallest absolute Gasteiger partial charge is 0.291 e. The molecule has 0 aliphatic rings. The summed E-state index contributed by atoms with van der Waals surface area (Å²) in [5, 5.41) is 14.4. The van der Waals surface area contributed by atoms with Crippen LogP contribution in [0.1, 0.15) is 15.6 Å². The van der Waals surface area contributed by atoms with Crippen molar-refractivity contribution in [1.82, 2.24) is 10.2 Å². The standard InChI is InChI=1S/C16H14N4O3S2/c1-10-19-20-16(25-10)18-14(21)9-24-12-6-4-11(5-7-12)17-15(22)13-3-2-8-23-13/h2-8H,9H2,1H3,(H,17,22)(H,18,20,21). The van der Waals surface area contributed by atoms with E-state index in [4.69, 9.17) is 4.42 Å². The summed E-state index contributed by atoms with van der Waals surface area (Å²) >= 11 is 2.73. The van der Waals surface area contributed by atoms with Gasteiger partial charge in [-0.05, 0) is 43.3 Å². The maximum absolute atomic E-state index is 11.9. The fraction of sp³-hybridized carbons (Fsp3) is 0.125. The summed E-state index contributed by atoms with van der Waals surface area (Å²) in [7, 11) is 0. The second kappa shape index (κ2) is 7.95. The highest BCUT2D eigenvalue weighted by molar-refractivity contribution is 8.00. The number of rotatable bonds is 6. The zero-order chi connectivity index (χ0) is 17.6. The van der Waals surface area contributed by atoms with Gasteiger partial charge in [0.1, 0.15) is 5.01 Å². The molecule has 0 fully saturated rings. The maximum Gasteiger partial charge on any atom is 0.291 e. The average Bonchev–Trinajstić information content (AvgIpc) is 3.26. The van der Waals surface area contributed by atoms with Crippen molar-refractivity contribution in [1.29, 1.82) is 0 Å². The molecule has 0 spiro atoms. The molecule has 0 saturated carbocycles. The number of aromatic nitrogens is 2. The molecule has 3 rings (SSSR count). The van der Waals surface area contributed by atoms with Crippen LogP contribution in [0.5, 0.6) is 0 Å². The van der Waals surface area contributed by atoms with E-state index < -0.39 is 0 Å². The number of nitrogens with zero attached hydrogens (tertiary/aromatic N) is 2. The summed E-state index contributed by atoms with van der Waals surface area (Å²) in [6.07, 6.45) is 1.45. The third kappa shape index (κ3) is 4.91. The monoisotopic (exact) mass is 374 g/mol. The van der Waals surface area contributed by atoms with Crippen molar-refractivity contribution in [2.45, 2.75) is 11.8 Å². The molecule has 128 valence electrons. The first kappa shape index (κ1) is 17.2. The number of amides is 2. The first-order valence-electron chi connectivity index (χ1n) is 7.28. The zero-order valence-corrected chi connectivity index (χ0v) is 14.8. The molecule has 0 radical (unpaired) electrons. The van der Waals surface area contributed by atoms with Gasteiger partial charge >= 0.3 is 0 Å². The molecule has 2 heterocycles. The Balaban J connectivity index is 1.49. The van der Waals surface area contributed by atoms with Crippen LogP contribution in [0.15, 0.2) is 52.0 Å². The minimum Gasteiger partial charge on any atom is -0.459 e. The molecule has 1 aromatic carbocycles. The van der Waals surface area contributed by atoms with Crippen molar-refractivity contribution in [3.63, 3.8) is 0 Å². The van der Waals surface area contributed by atoms with E-state index in [1.165, 1.54) is 29.4 Å². The van der Waals surface area contributed by atoms with Crippen LogP contribution >= 0.6 is 23.1 Å². The maximum atomic E-state index is 11.9. The van der Waals surface area contributed by atoms with Gasteiger partial charge in [-0.2, -0.15) is 0 Å². The van der Waals surface area contributed by atoms with E-state index in [1.807, 2.05) is 19.1 Å². The third-order valence-corrected chi connectivity index (χ3v) is 4.77. The molecule has 25 heavy (non-hydrogen) atoms. The van der Waals surface area contributed by atoms with E-state index in [1.54, 1.807) is 24.3 Å². The van der Waals surface area contributed by atoms with Crippen LogP contribution in [0.2, 0.25) is 0 Å². The molecule has 0 atom stereocenters. The van der Waals surface area contributed by atoms with Gasteiger partial charge in [0, 0.05) is 10.6 Å². The SMILES string of the molecule is Cc1nnc(NC(=O)CSc2ccc(NC(=O)c3ccco3)cc2)s1. The summed E-state index contributed by atoms with van der Waals surface area (Å²) in [6, 6.07) is 10.5. The molecule has 2 N–H and O–H groups in total. The Morgan fingerprint density at radius 1 is 1.16 bits per heavy atom. The second-order valence-electron chi connectivity index (χ2n) is 4.92. The molecule has 3 aromatic rings. The highest BCUT2D eigenvalue weighted by atomic mass is 32.2. The van der Waals surface area contributed by atoms with Crippen LogP contribution < -0.4 is 10.6 Å². The van der Waals surface area contributed by atoms with Crippen LogP contribution in [-0.4, -0.2) is 27.8 Å². The minimum atomic E-state index is -0.308. The number of hydrogen-bond acceptors (Lipinski definition) is 7. The van der Waals surface area contributed by atoms with Gasteiger partial charge in [0.2, 0.25) is 11.0 Å². The van der Waals surface area contributed by atoms with Crippen LogP contribution in [0.25, 0.3) is 0 Å². The molecular formula is C16H14N4O3S2. The van der Waals surface area contributed by atoms with E-state index in [2.05, 4.69) is 20.8 Å². The predicted octanol–water partition coefficient (Wildman–Crippen LogP) is 3.42. The Hall–Kier alpha value is -2.65. The Kier molecular flexibility index (Phi) is 5.46. The lowest BCUT2D eigenvalue weighted by atomic mass is 10.3. The first-order chi connectivity index (χ1) is 12.1. The van der Waals surface area contributed by atoms with Crippen molar-refractivity contribution < 1.29 is 14.0 Å². The zero-order valence-electron chi connectivity index (χ0n) is 13.2. The van der Waals surface area contributed by atoms with Crippen LogP contribution in [0.4, 0.5) is 10.8 Å². The number of carbonyl (C=O) groups excluding carboxylic acids is 2. The van der Waals surface area contributed by atoms with Gasteiger partial charge in [0.15, 0.2) is 5.76 Å². The van der Waals surface area contributed by atoms with Gasteiger partial charge < -0.3 is 9.73 Å². The second-order valence-corrected chi connectivity index (χ2v) is 7.15. The molecule has 0 aliphatic carbocycles. The molecule has 0 bridgehead atoms. The number of furan rings is 1. The van der Waals surface area contributed by atoms with Crippen molar-refractivity contribution in [2.75, 3.05) is 16.4 Å². The van der Waals surface area contributed by atoms with Crippen LogP contribution in [-0.2, 0) is 4.79 Å².